The van der Waals surface area contributed by atoms with Gasteiger partial charge < -0.3 is 9.73 Å². The average Bonchev–Trinajstić information content (AvgIpc) is 3.16. The second-order valence-corrected chi connectivity index (χ2v) is 6.93. The van der Waals surface area contributed by atoms with Crippen molar-refractivity contribution in [2.24, 2.45) is 0 Å². The number of carbonyl (C=O) groups is 1. The molecular formula is C20H17NO2S. The standard InChI is InChI=1S/C20H17NO2S/c1-12-9-10-24-17(12)11-21-20(22)18-13(2)15-8-7-14-5-3-4-6-16(14)19(15)23-18/h3-10H,11H2,1-2H3,(H,21,22). The van der Waals surface area contributed by atoms with Crippen molar-refractivity contribution in [3.8, 4) is 0 Å². The minimum Gasteiger partial charge on any atom is -0.450 e. The van der Waals surface area contributed by atoms with Gasteiger partial charge in [0.15, 0.2) is 5.76 Å². The molecule has 0 spiro atoms. The molecule has 120 valence electrons. The molecule has 0 unspecified atom stereocenters. The van der Waals surface area contributed by atoms with E-state index in [0.717, 1.165) is 27.3 Å². The lowest BCUT2D eigenvalue weighted by Gasteiger charge is -2.03. The Morgan fingerprint density at radius 2 is 1.92 bits per heavy atom. The van der Waals surface area contributed by atoms with Crippen molar-refractivity contribution in [1.29, 1.82) is 0 Å². The van der Waals surface area contributed by atoms with Crippen molar-refractivity contribution in [2.45, 2.75) is 20.4 Å². The first kappa shape index (κ1) is 15.0. The van der Waals surface area contributed by atoms with E-state index in [1.54, 1.807) is 11.3 Å². The molecule has 0 aliphatic carbocycles. The number of aryl methyl sites for hydroxylation is 2. The van der Waals surface area contributed by atoms with Crippen molar-refractivity contribution < 1.29 is 9.21 Å². The number of furan rings is 1. The number of rotatable bonds is 3. The molecular weight excluding hydrogens is 318 g/mol. The molecule has 24 heavy (non-hydrogen) atoms. The normalized spacial score (nSPS) is 11.2. The Labute approximate surface area is 143 Å². The van der Waals surface area contributed by atoms with Crippen molar-refractivity contribution in [3.63, 3.8) is 0 Å². The van der Waals surface area contributed by atoms with Gasteiger partial charge in [-0.15, -0.1) is 11.3 Å². The van der Waals surface area contributed by atoms with E-state index in [1.807, 2.05) is 42.6 Å². The number of amides is 1. The molecule has 0 radical (unpaired) electrons. The van der Waals surface area contributed by atoms with E-state index in [-0.39, 0.29) is 5.91 Å². The van der Waals surface area contributed by atoms with Crippen LogP contribution in [0.2, 0.25) is 0 Å². The molecule has 3 nitrogen and oxygen atoms in total. The van der Waals surface area contributed by atoms with E-state index in [0.29, 0.717) is 12.3 Å². The Hall–Kier alpha value is -2.59. The smallest absolute Gasteiger partial charge is 0.287 e. The highest BCUT2D eigenvalue weighted by Crippen LogP contribution is 2.31. The van der Waals surface area contributed by atoms with Gasteiger partial charge in [0.2, 0.25) is 0 Å². The predicted octanol–water partition coefficient (Wildman–Crippen LogP) is 5.19. The van der Waals surface area contributed by atoms with Gasteiger partial charge in [-0.1, -0.05) is 36.4 Å². The minimum absolute atomic E-state index is 0.166. The number of benzene rings is 2. The third kappa shape index (κ3) is 2.39. The molecule has 1 amide bonds. The van der Waals surface area contributed by atoms with E-state index in [4.69, 9.17) is 4.42 Å². The van der Waals surface area contributed by atoms with Crippen molar-refractivity contribution in [3.05, 3.63) is 69.6 Å². The molecule has 4 heteroatoms. The number of nitrogens with one attached hydrogen (secondary N) is 1. The van der Waals surface area contributed by atoms with Gasteiger partial charge in [-0.25, -0.2) is 0 Å². The van der Waals surface area contributed by atoms with Crippen LogP contribution in [0.15, 0.2) is 52.3 Å². The molecule has 0 aliphatic heterocycles. The van der Waals surface area contributed by atoms with Crippen LogP contribution in [0.25, 0.3) is 21.7 Å². The highest BCUT2D eigenvalue weighted by molar-refractivity contribution is 7.10. The largest absolute Gasteiger partial charge is 0.450 e. The van der Waals surface area contributed by atoms with Crippen LogP contribution in [0.1, 0.15) is 26.6 Å². The summed E-state index contributed by atoms with van der Waals surface area (Å²) in [5, 5.41) is 8.14. The van der Waals surface area contributed by atoms with Crippen LogP contribution in [-0.4, -0.2) is 5.91 Å². The van der Waals surface area contributed by atoms with Crippen molar-refractivity contribution in [2.75, 3.05) is 0 Å². The second kappa shape index (κ2) is 5.80. The number of carbonyl (C=O) groups excluding carboxylic acids is 1. The summed E-state index contributed by atoms with van der Waals surface area (Å²) < 4.78 is 5.97. The Kier molecular flexibility index (Phi) is 3.62. The van der Waals surface area contributed by atoms with Gasteiger partial charge in [0.1, 0.15) is 5.58 Å². The van der Waals surface area contributed by atoms with Crippen LogP contribution in [0.4, 0.5) is 0 Å². The predicted molar refractivity (Wildman–Crippen MR) is 98.7 cm³/mol. The van der Waals surface area contributed by atoms with E-state index in [1.165, 1.54) is 10.4 Å². The highest BCUT2D eigenvalue weighted by atomic mass is 32.1. The molecule has 0 bridgehead atoms. The Balaban J connectivity index is 1.71. The average molecular weight is 335 g/mol. The van der Waals surface area contributed by atoms with Crippen LogP contribution in [0, 0.1) is 13.8 Å². The van der Waals surface area contributed by atoms with Gasteiger partial charge in [0, 0.05) is 21.2 Å². The zero-order chi connectivity index (χ0) is 16.7. The third-order valence-electron chi connectivity index (χ3n) is 4.41. The second-order valence-electron chi connectivity index (χ2n) is 5.93. The molecule has 0 atom stereocenters. The van der Waals surface area contributed by atoms with Crippen LogP contribution in [-0.2, 0) is 6.54 Å². The topological polar surface area (TPSA) is 42.2 Å². The quantitative estimate of drug-likeness (QED) is 0.559. The van der Waals surface area contributed by atoms with Gasteiger partial charge in [-0.3, -0.25) is 4.79 Å². The minimum atomic E-state index is -0.166. The zero-order valence-electron chi connectivity index (χ0n) is 13.6. The number of thiophene rings is 1. The number of hydrogen-bond acceptors (Lipinski definition) is 3. The zero-order valence-corrected chi connectivity index (χ0v) is 14.4. The third-order valence-corrected chi connectivity index (χ3v) is 5.44. The van der Waals surface area contributed by atoms with Crippen molar-refractivity contribution >= 4 is 39.0 Å². The molecule has 0 aliphatic rings. The van der Waals surface area contributed by atoms with E-state index in [9.17, 15) is 4.79 Å². The summed E-state index contributed by atoms with van der Waals surface area (Å²) in [6, 6.07) is 14.2. The van der Waals surface area contributed by atoms with Crippen LogP contribution in [0.3, 0.4) is 0 Å². The SMILES string of the molecule is Cc1ccsc1CNC(=O)c1oc2c(ccc3ccccc32)c1C. The molecule has 0 saturated heterocycles. The summed E-state index contributed by atoms with van der Waals surface area (Å²) in [6.07, 6.45) is 0. The molecule has 0 saturated carbocycles. The molecule has 0 fully saturated rings. The number of fused-ring (bicyclic) bond motifs is 3. The Morgan fingerprint density at radius 3 is 2.71 bits per heavy atom. The van der Waals surface area contributed by atoms with E-state index in [2.05, 4.69) is 24.4 Å². The fourth-order valence-electron chi connectivity index (χ4n) is 2.99. The fraction of sp³-hybridized carbons (Fsp3) is 0.150. The molecule has 2 heterocycles. The summed E-state index contributed by atoms with van der Waals surface area (Å²) in [7, 11) is 0. The summed E-state index contributed by atoms with van der Waals surface area (Å²) in [5.41, 5.74) is 2.87. The van der Waals surface area contributed by atoms with Gasteiger partial charge in [-0.05, 0) is 36.2 Å². The maximum absolute atomic E-state index is 12.6. The van der Waals surface area contributed by atoms with Gasteiger partial charge in [0.25, 0.3) is 5.91 Å². The van der Waals surface area contributed by atoms with Crippen LogP contribution >= 0.6 is 11.3 Å². The lowest BCUT2D eigenvalue weighted by atomic mass is 10.1. The fourth-order valence-corrected chi connectivity index (χ4v) is 3.84. The van der Waals surface area contributed by atoms with E-state index >= 15 is 0 Å². The number of hydrogen-bond donors (Lipinski definition) is 1. The molecule has 4 rings (SSSR count). The maximum Gasteiger partial charge on any atom is 0.287 e. The first-order chi connectivity index (χ1) is 11.6. The van der Waals surface area contributed by atoms with Crippen LogP contribution < -0.4 is 5.32 Å². The first-order valence-corrected chi connectivity index (χ1v) is 8.75. The molecule has 2 aromatic heterocycles. The summed E-state index contributed by atoms with van der Waals surface area (Å²) >= 11 is 1.65. The summed E-state index contributed by atoms with van der Waals surface area (Å²) in [5.74, 6) is 0.233. The molecule has 1 N–H and O–H groups in total. The monoisotopic (exact) mass is 335 g/mol. The maximum atomic E-state index is 12.6. The van der Waals surface area contributed by atoms with E-state index < -0.39 is 0 Å². The van der Waals surface area contributed by atoms with Gasteiger partial charge >= 0.3 is 0 Å². The first-order valence-electron chi connectivity index (χ1n) is 7.87. The van der Waals surface area contributed by atoms with Gasteiger partial charge in [0.05, 0.1) is 6.54 Å². The van der Waals surface area contributed by atoms with Crippen LogP contribution in [0.5, 0.6) is 0 Å². The van der Waals surface area contributed by atoms with Crippen molar-refractivity contribution in [1.82, 2.24) is 5.32 Å². The molecule has 4 aromatic rings. The molecule has 2 aromatic carbocycles. The summed E-state index contributed by atoms with van der Waals surface area (Å²) in [4.78, 5) is 13.7. The van der Waals surface area contributed by atoms with Gasteiger partial charge in [-0.2, -0.15) is 0 Å². The Bertz CT molecular complexity index is 1060. The summed E-state index contributed by atoms with van der Waals surface area (Å²) in [6.45, 7) is 4.52. The lowest BCUT2D eigenvalue weighted by molar-refractivity contribution is 0.0925. The lowest BCUT2D eigenvalue weighted by Crippen LogP contribution is -2.22. The Morgan fingerprint density at radius 1 is 1.08 bits per heavy atom. The highest BCUT2D eigenvalue weighted by Gasteiger charge is 2.19.